The number of rotatable bonds is 2. The topological polar surface area (TPSA) is 69.6 Å². The molecule has 2 amide bonds. The van der Waals surface area contributed by atoms with Crippen LogP contribution in [0.2, 0.25) is 0 Å². The van der Waals surface area contributed by atoms with Crippen molar-refractivity contribution in [2.24, 2.45) is 0 Å². The van der Waals surface area contributed by atoms with E-state index in [0.29, 0.717) is 25.9 Å². The molecule has 0 aromatic heterocycles. The molecule has 1 heterocycles. The largest absolute Gasteiger partial charge is 0.480 e. The SMILES string of the molecule is O=C(NC1(C(=O)O)CCCCC1)N1CC=CC1. The summed E-state index contributed by atoms with van der Waals surface area (Å²) in [6.07, 6.45) is 7.68. The lowest BCUT2D eigenvalue weighted by Gasteiger charge is -2.35. The van der Waals surface area contributed by atoms with Crippen molar-refractivity contribution in [2.45, 2.75) is 37.6 Å². The van der Waals surface area contributed by atoms with Gasteiger partial charge >= 0.3 is 12.0 Å². The van der Waals surface area contributed by atoms with E-state index in [4.69, 9.17) is 0 Å². The zero-order valence-corrected chi connectivity index (χ0v) is 9.82. The maximum Gasteiger partial charge on any atom is 0.329 e. The number of nitrogens with one attached hydrogen (secondary N) is 1. The van der Waals surface area contributed by atoms with Crippen molar-refractivity contribution in [1.29, 1.82) is 0 Å². The Morgan fingerprint density at radius 1 is 1.12 bits per heavy atom. The Morgan fingerprint density at radius 2 is 1.71 bits per heavy atom. The zero-order chi connectivity index (χ0) is 12.3. The van der Waals surface area contributed by atoms with Gasteiger partial charge in [0.05, 0.1) is 0 Å². The normalized spacial score (nSPS) is 22.5. The number of amides is 2. The van der Waals surface area contributed by atoms with Gasteiger partial charge in [0.1, 0.15) is 5.54 Å². The lowest BCUT2D eigenvalue weighted by Crippen LogP contribution is -2.58. The van der Waals surface area contributed by atoms with Gasteiger partial charge in [0, 0.05) is 13.1 Å². The highest BCUT2D eigenvalue weighted by atomic mass is 16.4. The third-order valence-corrected chi connectivity index (χ3v) is 3.57. The molecule has 0 spiro atoms. The van der Waals surface area contributed by atoms with Crippen LogP contribution >= 0.6 is 0 Å². The summed E-state index contributed by atoms with van der Waals surface area (Å²) in [6, 6.07) is -0.265. The maximum absolute atomic E-state index is 11.9. The summed E-state index contributed by atoms with van der Waals surface area (Å²) in [6.45, 7) is 1.14. The second kappa shape index (κ2) is 4.77. The van der Waals surface area contributed by atoms with Crippen molar-refractivity contribution in [3.63, 3.8) is 0 Å². The molecule has 1 aliphatic carbocycles. The number of hydrogen-bond acceptors (Lipinski definition) is 2. The molecule has 1 saturated carbocycles. The molecular weight excluding hydrogens is 220 g/mol. The smallest absolute Gasteiger partial charge is 0.329 e. The Bertz CT molecular complexity index is 338. The van der Waals surface area contributed by atoms with Crippen LogP contribution in [0, 0.1) is 0 Å². The van der Waals surface area contributed by atoms with Crippen molar-refractivity contribution in [2.75, 3.05) is 13.1 Å². The summed E-state index contributed by atoms with van der Waals surface area (Å²) in [7, 11) is 0. The molecule has 0 aromatic rings. The average molecular weight is 238 g/mol. The molecule has 17 heavy (non-hydrogen) atoms. The second-order valence-corrected chi connectivity index (χ2v) is 4.75. The molecule has 2 N–H and O–H groups in total. The molecule has 1 aliphatic heterocycles. The molecule has 5 nitrogen and oxygen atoms in total. The van der Waals surface area contributed by atoms with Crippen LogP contribution in [0.15, 0.2) is 12.2 Å². The van der Waals surface area contributed by atoms with Crippen molar-refractivity contribution in [1.82, 2.24) is 10.2 Å². The number of nitrogens with zero attached hydrogens (tertiary/aromatic N) is 1. The molecule has 0 saturated heterocycles. The molecule has 94 valence electrons. The average Bonchev–Trinajstić information content (AvgIpc) is 2.83. The van der Waals surface area contributed by atoms with E-state index in [2.05, 4.69) is 5.32 Å². The predicted octanol–water partition coefficient (Wildman–Crippen LogP) is 1.36. The monoisotopic (exact) mass is 238 g/mol. The quantitative estimate of drug-likeness (QED) is 0.713. The summed E-state index contributed by atoms with van der Waals surface area (Å²) in [4.78, 5) is 24.9. The van der Waals surface area contributed by atoms with Crippen molar-refractivity contribution >= 4 is 12.0 Å². The van der Waals surface area contributed by atoms with Gasteiger partial charge < -0.3 is 15.3 Å². The molecule has 0 atom stereocenters. The van der Waals surface area contributed by atoms with Crippen LogP contribution in [-0.2, 0) is 4.79 Å². The molecular formula is C12H18N2O3. The van der Waals surface area contributed by atoms with Crippen LogP contribution in [0.25, 0.3) is 0 Å². The third kappa shape index (κ3) is 2.43. The molecule has 2 aliphatic rings. The molecule has 0 unspecified atom stereocenters. The predicted molar refractivity (Wildman–Crippen MR) is 62.7 cm³/mol. The first-order valence-corrected chi connectivity index (χ1v) is 6.09. The standard InChI is InChI=1S/C12H18N2O3/c15-10(16)12(6-2-1-3-7-12)13-11(17)14-8-4-5-9-14/h4-5H,1-3,6-9H2,(H,13,17)(H,15,16). The minimum Gasteiger partial charge on any atom is -0.480 e. The summed E-state index contributed by atoms with van der Waals surface area (Å²) in [5.74, 6) is -0.905. The minimum atomic E-state index is -1.04. The third-order valence-electron chi connectivity index (χ3n) is 3.57. The first-order valence-electron chi connectivity index (χ1n) is 6.09. The number of hydrogen-bond donors (Lipinski definition) is 2. The summed E-state index contributed by atoms with van der Waals surface area (Å²) >= 11 is 0. The van der Waals surface area contributed by atoms with Gasteiger partial charge in [-0.05, 0) is 12.8 Å². The van der Waals surface area contributed by atoms with Crippen LogP contribution in [0.1, 0.15) is 32.1 Å². The highest BCUT2D eigenvalue weighted by Gasteiger charge is 2.41. The first-order chi connectivity index (χ1) is 8.14. The zero-order valence-electron chi connectivity index (χ0n) is 9.82. The van der Waals surface area contributed by atoms with Gasteiger partial charge in [0.2, 0.25) is 0 Å². The van der Waals surface area contributed by atoms with Crippen LogP contribution in [-0.4, -0.2) is 40.6 Å². The van der Waals surface area contributed by atoms with Gasteiger partial charge in [-0.3, -0.25) is 0 Å². The lowest BCUT2D eigenvalue weighted by atomic mass is 9.82. The van der Waals surface area contributed by atoms with E-state index in [9.17, 15) is 14.7 Å². The van der Waals surface area contributed by atoms with Gasteiger partial charge in [-0.15, -0.1) is 0 Å². The Kier molecular flexibility index (Phi) is 3.36. The Hall–Kier alpha value is -1.52. The molecule has 2 rings (SSSR count). The lowest BCUT2D eigenvalue weighted by molar-refractivity contribution is -0.145. The summed E-state index contributed by atoms with van der Waals surface area (Å²) in [5.41, 5.74) is -1.04. The number of carbonyl (C=O) groups is 2. The second-order valence-electron chi connectivity index (χ2n) is 4.75. The number of carboxylic acid groups (broad SMARTS) is 1. The van der Waals surface area contributed by atoms with Gasteiger partial charge in [-0.2, -0.15) is 0 Å². The highest BCUT2D eigenvalue weighted by Crippen LogP contribution is 2.28. The maximum atomic E-state index is 11.9. The summed E-state index contributed by atoms with van der Waals surface area (Å²) in [5, 5.41) is 12.1. The van der Waals surface area contributed by atoms with Crippen molar-refractivity contribution in [3.8, 4) is 0 Å². The molecule has 5 heteroatoms. The van der Waals surface area contributed by atoms with E-state index in [1.807, 2.05) is 12.2 Å². The number of carbonyl (C=O) groups excluding carboxylic acids is 1. The van der Waals surface area contributed by atoms with Gasteiger partial charge in [0.15, 0.2) is 0 Å². The molecule has 0 aromatic carbocycles. The fourth-order valence-electron chi connectivity index (χ4n) is 2.48. The number of carboxylic acids is 1. The Balaban J connectivity index is 2.02. The minimum absolute atomic E-state index is 0.265. The van der Waals surface area contributed by atoms with Crippen LogP contribution in [0.5, 0.6) is 0 Å². The number of urea groups is 1. The summed E-state index contributed by atoms with van der Waals surface area (Å²) < 4.78 is 0. The van der Waals surface area contributed by atoms with Crippen LogP contribution < -0.4 is 5.32 Å². The number of aliphatic carboxylic acids is 1. The van der Waals surface area contributed by atoms with Gasteiger partial charge in [-0.1, -0.05) is 31.4 Å². The van der Waals surface area contributed by atoms with Crippen molar-refractivity contribution < 1.29 is 14.7 Å². The van der Waals surface area contributed by atoms with E-state index in [0.717, 1.165) is 19.3 Å². The van der Waals surface area contributed by atoms with E-state index >= 15 is 0 Å². The molecule has 0 bridgehead atoms. The fourth-order valence-corrected chi connectivity index (χ4v) is 2.48. The van der Waals surface area contributed by atoms with Gasteiger partial charge in [-0.25, -0.2) is 9.59 Å². The molecule has 1 fully saturated rings. The van der Waals surface area contributed by atoms with E-state index in [-0.39, 0.29) is 6.03 Å². The Labute approximate surface area is 100 Å². The first kappa shape index (κ1) is 12.0. The van der Waals surface area contributed by atoms with E-state index in [1.165, 1.54) is 0 Å². The highest BCUT2D eigenvalue weighted by molar-refractivity contribution is 5.86. The van der Waals surface area contributed by atoms with Gasteiger partial charge in [0.25, 0.3) is 0 Å². The van der Waals surface area contributed by atoms with Crippen LogP contribution in [0.3, 0.4) is 0 Å². The fraction of sp³-hybridized carbons (Fsp3) is 0.667. The molecule has 0 radical (unpaired) electrons. The van der Waals surface area contributed by atoms with E-state index < -0.39 is 11.5 Å². The van der Waals surface area contributed by atoms with Crippen molar-refractivity contribution in [3.05, 3.63) is 12.2 Å². The van der Waals surface area contributed by atoms with E-state index in [1.54, 1.807) is 4.90 Å². The Morgan fingerprint density at radius 3 is 2.24 bits per heavy atom. The van der Waals surface area contributed by atoms with Crippen LogP contribution in [0.4, 0.5) is 4.79 Å².